The van der Waals surface area contributed by atoms with Crippen LogP contribution in [-0.4, -0.2) is 43.4 Å². The molecule has 0 spiro atoms. The summed E-state index contributed by atoms with van der Waals surface area (Å²) in [6.45, 7) is 5.12. The van der Waals surface area contributed by atoms with Gasteiger partial charge in [0.2, 0.25) is 11.8 Å². The highest BCUT2D eigenvalue weighted by atomic mass is 35.5. The average molecular weight is 419 g/mol. The van der Waals surface area contributed by atoms with Gasteiger partial charge in [0.1, 0.15) is 6.04 Å². The van der Waals surface area contributed by atoms with E-state index in [1.807, 2.05) is 18.7 Å². The highest BCUT2D eigenvalue weighted by Gasteiger charge is 2.26. The molecule has 0 aliphatic carbocycles. The van der Waals surface area contributed by atoms with Crippen LogP contribution in [0.1, 0.15) is 24.4 Å². The number of nitrogens with zero attached hydrogens (tertiary/aromatic N) is 1. The van der Waals surface area contributed by atoms with Gasteiger partial charge in [-0.1, -0.05) is 25.4 Å². The van der Waals surface area contributed by atoms with Crippen LogP contribution < -0.4 is 20.9 Å². The number of furan rings is 1. The van der Waals surface area contributed by atoms with Gasteiger partial charge in [0.25, 0.3) is 5.91 Å². The van der Waals surface area contributed by atoms with Crippen LogP contribution in [0.15, 0.2) is 41.0 Å². The Morgan fingerprint density at radius 2 is 2.07 bits per heavy atom. The highest BCUT2D eigenvalue weighted by molar-refractivity contribution is 6.33. The maximum absolute atomic E-state index is 12.7. The second-order valence-electron chi connectivity index (χ2n) is 7.10. The maximum Gasteiger partial charge on any atom is 0.287 e. The summed E-state index contributed by atoms with van der Waals surface area (Å²) in [5, 5.41) is 8.67. The van der Waals surface area contributed by atoms with E-state index in [9.17, 15) is 14.4 Å². The zero-order valence-electron chi connectivity index (χ0n) is 16.2. The Balaban J connectivity index is 1.68. The number of hydrogen-bond acceptors (Lipinski definition) is 5. The molecular formula is C20H23ClN4O4. The fourth-order valence-corrected chi connectivity index (χ4v) is 3.36. The van der Waals surface area contributed by atoms with E-state index in [4.69, 9.17) is 16.0 Å². The van der Waals surface area contributed by atoms with E-state index >= 15 is 0 Å². The first-order chi connectivity index (χ1) is 13.8. The average Bonchev–Trinajstić information content (AvgIpc) is 3.20. The van der Waals surface area contributed by atoms with Crippen molar-refractivity contribution in [2.45, 2.75) is 19.9 Å². The molecule has 1 saturated heterocycles. The van der Waals surface area contributed by atoms with Gasteiger partial charge in [0.15, 0.2) is 5.76 Å². The lowest BCUT2D eigenvalue weighted by molar-refractivity contribution is -0.120. The second kappa shape index (κ2) is 9.00. The van der Waals surface area contributed by atoms with E-state index in [0.717, 1.165) is 5.69 Å². The largest absolute Gasteiger partial charge is 0.459 e. The number of carbonyl (C=O) groups excluding carboxylic acids is 3. The zero-order valence-corrected chi connectivity index (χ0v) is 17.0. The Kier molecular flexibility index (Phi) is 6.43. The Hall–Kier alpha value is -3.00. The van der Waals surface area contributed by atoms with Crippen LogP contribution in [0.2, 0.25) is 5.02 Å². The molecule has 1 aromatic heterocycles. The molecule has 1 aliphatic rings. The molecule has 1 aromatic carbocycles. The first kappa shape index (κ1) is 20.7. The SMILES string of the molecule is CC(C)C(NC(=O)c1ccco1)C(=O)Nc1ccc(N2CCNC(=O)C2)c(Cl)c1. The monoisotopic (exact) mass is 418 g/mol. The molecular weight excluding hydrogens is 396 g/mol. The van der Waals surface area contributed by atoms with Crippen molar-refractivity contribution in [2.24, 2.45) is 5.92 Å². The summed E-state index contributed by atoms with van der Waals surface area (Å²) in [5.41, 5.74) is 1.23. The number of nitrogens with one attached hydrogen (secondary N) is 3. The third kappa shape index (κ3) is 5.08. The first-order valence-corrected chi connectivity index (χ1v) is 9.69. The number of carbonyl (C=O) groups is 3. The molecule has 154 valence electrons. The van der Waals surface area contributed by atoms with Gasteiger partial charge in [0, 0.05) is 18.8 Å². The van der Waals surface area contributed by atoms with E-state index in [2.05, 4.69) is 16.0 Å². The second-order valence-corrected chi connectivity index (χ2v) is 7.51. The van der Waals surface area contributed by atoms with Gasteiger partial charge < -0.3 is 25.3 Å². The third-order valence-electron chi connectivity index (χ3n) is 4.57. The van der Waals surface area contributed by atoms with Crippen molar-refractivity contribution in [3.8, 4) is 0 Å². The topological polar surface area (TPSA) is 104 Å². The normalized spacial score (nSPS) is 15.0. The van der Waals surface area contributed by atoms with E-state index in [-0.39, 0.29) is 30.0 Å². The lowest BCUT2D eigenvalue weighted by Crippen LogP contribution is -2.47. The smallest absolute Gasteiger partial charge is 0.287 e. The molecule has 9 heteroatoms. The van der Waals surface area contributed by atoms with Gasteiger partial charge in [-0.2, -0.15) is 0 Å². The molecule has 1 atom stereocenters. The minimum absolute atomic E-state index is 0.0585. The van der Waals surface area contributed by atoms with Gasteiger partial charge in [-0.25, -0.2) is 0 Å². The maximum atomic E-state index is 12.7. The van der Waals surface area contributed by atoms with Gasteiger partial charge in [-0.05, 0) is 36.2 Å². The number of amides is 3. The summed E-state index contributed by atoms with van der Waals surface area (Å²) in [4.78, 5) is 38.4. The van der Waals surface area contributed by atoms with Gasteiger partial charge >= 0.3 is 0 Å². The van der Waals surface area contributed by atoms with E-state index < -0.39 is 11.9 Å². The molecule has 0 saturated carbocycles. The number of anilines is 2. The van der Waals surface area contributed by atoms with Gasteiger partial charge in [-0.15, -0.1) is 0 Å². The molecule has 3 rings (SSSR count). The predicted octanol–water partition coefficient (Wildman–Crippen LogP) is 2.26. The summed E-state index contributed by atoms with van der Waals surface area (Å²) < 4.78 is 5.07. The molecule has 29 heavy (non-hydrogen) atoms. The van der Waals surface area contributed by atoms with Crippen LogP contribution in [0, 0.1) is 5.92 Å². The summed E-state index contributed by atoms with van der Waals surface area (Å²) >= 11 is 6.38. The fraction of sp³-hybridized carbons (Fsp3) is 0.350. The van der Waals surface area contributed by atoms with Crippen LogP contribution in [0.25, 0.3) is 0 Å². The summed E-state index contributed by atoms with van der Waals surface area (Å²) in [7, 11) is 0. The van der Waals surface area contributed by atoms with Crippen molar-refractivity contribution >= 4 is 40.7 Å². The predicted molar refractivity (Wildman–Crippen MR) is 110 cm³/mol. The number of rotatable bonds is 6. The fourth-order valence-electron chi connectivity index (χ4n) is 3.06. The lowest BCUT2D eigenvalue weighted by Gasteiger charge is -2.29. The van der Waals surface area contributed by atoms with Crippen LogP contribution in [-0.2, 0) is 9.59 Å². The highest BCUT2D eigenvalue weighted by Crippen LogP contribution is 2.29. The van der Waals surface area contributed by atoms with Crippen LogP contribution in [0.5, 0.6) is 0 Å². The quantitative estimate of drug-likeness (QED) is 0.667. The standard InChI is InChI=1S/C20H23ClN4O4/c1-12(2)18(24-19(27)16-4-3-9-29-16)20(28)23-13-5-6-15(14(21)10-13)25-8-7-22-17(26)11-25/h3-6,9-10,12,18H,7-8,11H2,1-2H3,(H,22,26)(H,23,28)(H,24,27). The van der Waals surface area contributed by atoms with Crippen molar-refractivity contribution in [1.29, 1.82) is 0 Å². The molecule has 2 aromatic rings. The molecule has 3 N–H and O–H groups in total. The number of benzene rings is 1. The number of piperazine rings is 1. The number of halogens is 1. The van der Waals surface area contributed by atoms with Crippen LogP contribution >= 0.6 is 11.6 Å². The van der Waals surface area contributed by atoms with E-state index in [0.29, 0.717) is 23.8 Å². The molecule has 3 amide bonds. The summed E-state index contributed by atoms with van der Waals surface area (Å²) in [6.07, 6.45) is 1.40. The molecule has 2 heterocycles. The molecule has 1 fully saturated rings. The number of hydrogen-bond donors (Lipinski definition) is 3. The van der Waals surface area contributed by atoms with E-state index in [1.165, 1.54) is 12.3 Å². The lowest BCUT2D eigenvalue weighted by atomic mass is 10.0. The molecule has 0 bridgehead atoms. The Labute approximate surface area is 173 Å². The van der Waals surface area contributed by atoms with Crippen molar-refractivity contribution in [3.05, 3.63) is 47.4 Å². The van der Waals surface area contributed by atoms with Gasteiger partial charge in [-0.3, -0.25) is 14.4 Å². The van der Waals surface area contributed by atoms with Crippen molar-refractivity contribution in [3.63, 3.8) is 0 Å². The van der Waals surface area contributed by atoms with Crippen molar-refractivity contribution < 1.29 is 18.8 Å². The minimum atomic E-state index is -0.753. The van der Waals surface area contributed by atoms with Crippen molar-refractivity contribution in [1.82, 2.24) is 10.6 Å². The zero-order chi connectivity index (χ0) is 21.0. The Morgan fingerprint density at radius 3 is 2.69 bits per heavy atom. The first-order valence-electron chi connectivity index (χ1n) is 9.31. The third-order valence-corrected chi connectivity index (χ3v) is 4.88. The Morgan fingerprint density at radius 1 is 1.28 bits per heavy atom. The van der Waals surface area contributed by atoms with Crippen LogP contribution in [0.4, 0.5) is 11.4 Å². The van der Waals surface area contributed by atoms with Crippen molar-refractivity contribution in [2.75, 3.05) is 29.9 Å². The van der Waals surface area contributed by atoms with Crippen LogP contribution in [0.3, 0.4) is 0 Å². The van der Waals surface area contributed by atoms with E-state index in [1.54, 1.807) is 24.3 Å². The van der Waals surface area contributed by atoms with Gasteiger partial charge in [0.05, 0.1) is 23.5 Å². The molecule has 8 nitrogen and oxygen atoms in total. The summed E-state index contributed by atoms with van der Waals surface area (Å²) in [5.74, 6) is -0.879. The minimum Gasteiger partial charge on any atom is -0.459 e. The molecule has 0 radical (unpaired) electrons. The summed E-state index contributed by atoms with van der Waals surface area (Å²) in [6, 6.07) is 7.50. The molecule has 1 aliphatic heterocycles. The molecule has 1 unspecified atom stereocenters. The Bertz CT molecular complexity index is 898.